The summed E-state index contributed by atoms with van der Waals surface area (Å²) < 4.78 is 19.4. The van der Waals surface area contributed by atoms with Crippen LogP contribution in [0.4, 0.5) is 10.1 Å². The molecule has 2 amide bonds. The zero-order valence-corrected chi connectivity index (χ0v) is 15.3. The molecule has 144 valence electrons. The topological polar surface area (TPSA) is 109 Å². The molecule has 0 aliphatic carbocycles. The summed E-state index contributed by atoms with van der Waals surface area (Å²) in [6, 6.07) is 5.06. The van der Waals surface area contributed by atoms with Gasteiger partial charge in [-0.15, -0.1) is 0 Å². The first kappa shape index (κ1) is 20.2. The van der Waals surface area contributed by atoms with E-state index in [9.17, 15) is 18.8 Å². The van der Waals surface area contributed by atoms with Crippen LogP contribution in [0.15, 0.2) is 28.7 Å². The maximum absolute atomic E-state index is 14.1. The van der Waals surface area contributed by atoms with Crippen LogP contribution in [0.1, 0.15) is 52.5 Å². The first-order chi connectivity index (χ1) is 12.7. The van der Waals surface area contributed by atoms with Gasteiger partial charge in [0.25, 0.3) is 5.91 Å². The molecular weight excluding hydrogens is 355 g/mol. The van der Waals surface area contributed by atoms with E-state index >= 15 is 0 Å². The Kier molecular flexibility index (Phi) is 6.33. The van der Waals surface area contributed by atoms with Crippen molar-refractivity contribution in [3.63, 3.8) is 0 Å². The van der Waals surface area contributed by atoms with E-state index in [0.717, 1.165) is 6.07 Å². The molecule has 0 fully saturated rings. The van der Waals surface area contributed by atoms with Gasteiger partial charge in [0.1, 0.15) is 22.9 Å². The standard InChI is InChI=1S/C19H21FN2O5/c1-10(2)6-17(23)22-16-5-4-12(7-15(16)20)18(24)21-9-13-8-14(19(25)26)11(3)27-13/h4-5,7-8,10H,6,9H2,1-3H3,(H,21,24)(H,22,23)(H,25,26). The van der Waals surface area contributed by atoms with E-state index in [1.54, 1.807) is 0 Å². The Balaban J connectivity index is 2.00. The predicted octanol–water partition coefficient (Wildman–Crippen LogP) is 3.34. The molecule has 0 atom stereocenters. The van der Waals surface area contributed by atoms with Crippen LogP contribution in [0.25, 0.3) is 0 Å². The number of aromatic carboxylic acids is 1. The van der Waals surface area contributed by atoms with E-state index in [1.807, 2.05) is 13.8 Å². The number of benzene rings is 1. The number of anilines is 1. The smallest absolute Gasteiger partial charge is 0.339 e. The fraction of sp³-hybridized carbons (Fsp3) is 0.316. The van der Waals surface area contributed by atoms with Gasteiger partial charge in [0.2, 0.25) is 5.91 Å². The predicted molar refractivity (Wildman–Crippen MR) is 96.1 cm³/mol. The molecule has 8 heteroatoms. The van der Waals surface area contributed by atoms with Crippen LogP contribution in [0.3, 0.4) is 0 Å². The van der Waals surface area contributed by atoms with Crippen LogP contribution in [0.5, 0.6) is 0 Å². The third-order valence-electron chi connectivity index (χ3n) is 3.72. The summed E-state index contributed by atoms with van der Waals surface area (Å²) in [6.45, 7) is 5.23. The summed E-state index contributed by atoms with van der Waals surface area (Å²) in [5.41, 5.74) is 0.0906. The second-order valence-electron chi connectivity index (χ2n) is 6.51. The number of hydrogen-bond donors (Lipinski definition) is 3. The van der Waals surface area contributed by atoms with Gasteiger partial charge in [-0.05, 0) is 37.1 Å². The lowest BCUT2D eigenvalue weighted by molar-refractivity contribution is -0.116. The average molecular weight is 376 g/mol. The van der Waals surface area contributed by atoms with Crippen LogP contribution < -0.4 is 10.6 Å². The fourth-order valence-electron chi connectivity index (χ4n) is 2.44. The van der Waals surface area contributed by atoms with Crippen LogP contribution >= 0.6 is 0 Å². The number of furan rings is 1. The van der Waals surface area contributed by atoms with E-state index in [2.05, 4.69) is 10.6 Å². The molecule has 0 radical (unpaired) electrons. The number of carboxylic acid groups (broad SMARTS) is 1. The number of carbonyl (C=O) groups is 3. The number of hydrogen-bond acceptors (Lipinski definition) is 4. The first-order valence-corrected chi connectivity index (χ1v) is 8.37. The Bertz CT molecular complexity index is 873. The molecule has 2 rings (SSSR count). The molecule has 1 aromatic heterocycles. The Morgan fingerprint density at radius 3 is 2.48 bits per heavy atom. The fourth-order valence-corrected chi connectivity index (χ4v) is 2.44. The maximum atomic E-state index is 14.1. The van der Waals surface area contributed by atoms with E-state index < -0.39 is 17.7 Å². The lowest BCUT2D eigenvalue weighted by Crippen LogP contribution is -2.23. The van der Waals surface area contributed by atoms with Crippen molar-refractivity contribution in [3.8, 4) is 0 Å². The molecule has 0 saturated heterocycles. The molecule has 1 aromatic carbocycles. The zero-order chi connectivity index (χ0) is 20.1. The van der Waals surface area contributed by atoms with E-state index in [4.69, 9.17) is 9.52 Å². The SMILES string of the molecule is Cc1oc(CNC(=O)c2ccc(NC(=O)CC(C)C)c(F)c2)cc1C(=O)O. The second kappa shape index (κ2) is 8.48. The van der Waals surface area contributed by atoms with Crippen molar-refractivity contribution in [1.82, 2.24) is 5.32 Å². The number of rotatable bonds is 7. The van der Waals surface area contributed by atoms with Crippen LogP contribution in [0, 0.1) is 18.7 Å². The van der Waals surface area contributed by atoms with Crippen LogP contribution in [0.2, 0.25) is 0 Å². The molecule has 0 saturated carbocycles. The van der Waals surface area contributed by atoms with Crippen LogP contribution in [-0.4, -0.2) is 22.9 Å². The minimum atomic E-state index is -1.12. The highest BCUT2D eigenvalue weighted by Crippen LogP contribution is 2.18. The Labute approximate surface area is 155 Å². The Morgan fingerprint density at radius 1 is 1.22 bits per heavy atom. The molecule has 0 bridgehead atoms. The van der Waals surface area contributed by atoms with Gasteiger partial charge in [0.05, 0.1) is 12.2 Å². The molecule has 0 aliphatic heterocycles. The summed E-state index contributed by atoms with van der Waals surface area (Å²) in [5.74, 6) is -2.04. The van der Waals surface area contributed by atoms with Gasteiger partial charge in [0.15, 0.2) is 0 Å². The lowest BCUT2D eigenvalue weighted by Gasteiger charge is -2.09. The Morgan fingerprint density at radius 2 is 1.93 bits per heavy atom. The van der Waals surface area contributed by atoms with E-state index in [0.29, 0.717) is 0 Å². The highest BCUT2D eigenvalue weighted by Gasteiger charge is 2.16. The third kappa shape index (κ3) is 5.40. The van der Waals surface area contributed by atoms with Gasteiger partial charge >= 0.3 is 5.97 Å². The van der Waals surface area contributed by atoms with E-state index in [1.165, 1.54) is 25.1 Å². The largest absolute Gasteiger partial charge is 0.478 e. The molecule has 7 nitrogen and oxygen atoms in total. The lowest BCUT2D eigenvalue weighted by atomic mass is 10.1. The monoisotopic (exact) mass is 376 g/mol. The summed E-state index contributed by atoms with van der Waals surface area (Å²) in [5, 5.41) is 14.0. The normalized spacial score (nSPS) is 10.7. The molecule has 0 unspecified atom stereocenters. The number of nitrogens with one attached hydrogen (secondary N) is 2. The van der Waals surface area contributed by atoms with Crippen molar-refractivity contribution in [2.45, 2.75) is 33.7 Å². The number of carboxylic acids is 1. The van der Waals surface area contributed by atoms with Crippen molar-refractivity contribution in [2.75, 3.05) is 5.32 Å². The highest BCUT2D eigenvalue weighted by molar-refractivity contribution is 5.96. The van der Waals surface area contributed by atoms with Crippen molar-refractivity contribution in [2.24, 2.45) is 5.92 Å². The average Bonchev–Trinajstić information content (AvgIpc) is 2.95. The number of aryl methyl sites for hydroxylation is 1. The molecule has 1 heterocycles. The van der Waals surface area contributed by atoms with Gasteiger partial charge in [-0.2, -0.15) is 0 Å². The second-order valence-corrected chi connectivity index (χ2v) is 6.51. The summed E-state index contributed by atoms with van der Waals surface area (Å²) >= 11 is 0. The molecule has 0 aliphatic rings. The van der Waals surface area contributed by atoms with Crippen molar-refractivity contribution in [3.05, 3.63) is 52.7 Å². The minimum Gasteiger partial charge on any atom is -0.478 e. The summed E-state index contributed by atoms with van der Waals surface area (Å²) in [4.78, 5) is 34.9. The minimum absolute atomic E-state index is 0.00459. The van der Waals surface area contributed by atoms with Crippen LogP contribution in [-0.2, 0) is 11.3 Å². The number of amides is 2. The van der Waals surface area contributed by atoms with Gasteiger partial charge in [-0.1, -0.05) is 13.8 Å². The molecule has 0 spiro atoms. The quantitative estimate of drug-likeness (QED) is 0.687. The van der Waals surface area contributed by atoms with Crippen molar-refractivity contribution >= 4 is 23.5 Å². The van der Waals surface area contributed by atoms with E-state index in [-0.39, 0.29) is 53.1 Å². The van der Waals surface area contributed by atoms with Gasteiger partial charge in [-0.25, -0.2) is 9.18 Å². The highest BCUT2D eigenvalue weighted by atomic mass is 19.1. The zero-order valence-electron chi connectivity index (χ0n) is 15.3. The summed E-state index contributed by atoms with van der Waals surface area (Å²) in [6.07, 6.45) is 0.266. The molecular formula is C19H21FN2O5. The Hall–Kier alpha value is -3.16. The first-order valence-electron chi connectivity index (χ1n) is 8.37. The maximum Gasteiger partial charge on any atom is 0.339 e. The molecule has 27 heavy (non-hydrogen) atoms. The van der Waals surface area contributed by atoms with Gasteiger partial charge < -0.3 is 20.2 Å². The van der Waals surface area contributed by atoms with Gasteiger partial charge in [0, 0.05) is 12.0 Å². The number of carbonyl (C=O) groups excluding carboxylic acids is 2. The number of halogens is 1. The van der Waals surface area contributed by atoms with Crippen molar-refractivity contribution < 1.29 is 28.3 Å². The van der Waals surface area contributed by atoms with Gasteiger partial charge in [-0.3, -0.25) is 9.59 Å². The molecule has 2 aromatic rings. The van der Waals surface area contributed by atoms with Crippen molar-refractivity contribution in [1.29, 1.82) is 0 Å². The third-order valence-corrected chi connectivity index (χ3v) is 3.72. The summed E-state index contributed by atoms with van der Waals surface area (Å²) in [7, 11) is 0. The molecule has 3 N–H and O–H groups in total.